The highest BCUT2D eigenvalue weighted by atomic mass is 16.5. The third-order valence-electron chi connectivity index (χ3n) is 8.54. The molecule has 40 heavy (non-hydrogen) atoms. The maximum Gasteiger partial charge on any atom is 0.317 e. The van der Waals surface area contributed by atoms with Crippen molar-refractivity contribution >= 4 is 22.7 Å². The smallest absolute Gasteiger partial charge is 0.317 e. The van der Waals surface area contributed by atoms with Gasteiger partial charge in [-0.05, 0) is 50.4 Å². The number of benzene rings is 2. The summed E-state index contributed by atoms with van der Waals surface area (Å²) in [5.74, 6) is 0.264. The Balaban J connectivity index is 1.35. The number of aromatic nitrogens is 2. The van der Waals surface area contributed by atoms with Crippen LogP contribution in [0.1, 0.15) is 35.8 Å². The molecule has 2 N–H and O–H groups in total. The lowest BCUT2D eigenvalue weighted by atomic mass is 9.96. The Bertz CT molecular complexity index is 1390. The van der Waals surface area contributed by atoms with Gasteiger partial charge in [0.15, 0.2) is 0 Å². The first kappa shape index (κ1) is 26.7. The minimum atomic E-state index is 0.0615. The van der Waals surface area contributed by atoms with E-state index in [0.29, 0.717) is 31.7 Å². The van der Waals surface area contributed by atoms with E-state index < -0.39 is 0 Å². The average Bonchev–Trinajstić information content (AvgIpc) is 3.39. The van der Waals surface area contributed by atoms with Gasteiger partial charge in [-0.2, -0.15) is 9.97 Å². The number of ether oxygens (including phenoxy) is 1. The van der Waals surface area contributed by atoms with Gasteiger partial charge in [0.2, 0.25) is 0 Å². The van der Waals surface area contributed by atoms with Gasteiger partial charge in [-0.15, -0.1) is 0 Å². The molecule has 6 rings (SSSR count). The molecule has 210 valence electrons. The van der Waals surface area contributed by atoms with Crippen LogP contribution in [0.25, 0.3) is 10.8 Å². The SMILES string of the molecule is CN1CCCC1COc1nc2c(c(C3CNCCN3CC=CC=O)n1)CCN(c1cc(O)cc3ccccc13)C2. The molecule has 9 heteroatoms. The molecule has 3 aliphatic rings. The summed E-state index contributed by atoms with van der Waals surface area (Å²) in [6, 6.07) is 12.7. The normalized spacial score (nSPS) is 22.2. The number of allylic oxidation sites excluding steroid dienone is 1. The van der Waals surface area contributed by atoms with Crippen molar-refractivity contribution in [3.8, 4) is 11.8 Å². The van der Waals surface area contributed by atoms with E-state index in [4.69, 9.17) is 14.7 Å². The van der Waals surface area contributed by atoms with E-state index in [0.717, 1.165) is 79.7 Å². The van der Waals surface area contributed by atoms with Crippen molar-refractivity contribution in [2.45, 2.75) is 37.9 Å². The van der Waals surface area contributed by atoms with Gasteiger partial charge in [0, 0.05) is 61.5 Å². The Hall–Kier alpha value is -3.53. The molecule has 2 aromatic carbocycles. The Morgan fingerprint density at radius 1 is 1.18 bits per heavy atom. The number of phenols is 1. The molecule has 4 heterocycles. The fourth-order valence-electron chi connectivity index (χ4n) is 6.37. The highest BCUT2D eigenvalue weighted by Crippen LogP contribution is 2.36. The third kappa shape index (κ3) is 5.54. The molecule has 0 spiro atoms. The number of rotatable bonds is 8. The summed E-state index contributed by atoms with van der Waals surface area (Å²) in [5, 5.41) is 16.2. The molecule has 0 radical (unpaired) electrons. The lowest BCUT2D eigenvalue weighted by Gasteiger charge is -2.38. The largest absolute Gasteiger partial charge is 0.508 e. The summed E-state index contributed by atoms with van der Waals surface area (Å²) < 4.78 is 6.30. The molecule has 2 unspecified atom stereocenters. The predicted octanol–water partition coefficient (Wildman–Crippen LogP) is 3.07. The Labute approximate surface area is 235 Å². The zero-order valence-corrected chi connectivity index (χ0v) is 23.1. The second-order valence-corrected chi connectivity index (χ2v) is 11.0. The molecular formula is C31H38N6O3. The molecule has 1 aromatic heterocycles. The summed E-state index contributed by atoms with van der Waals surface area (Å²) >= 11 is 0. The number of aldehydes is 1. The van der Waals surface area contributed by atoms with Gasteiger partial charge >= 0.3 is 6.01 Å². The summed E-state index contributed by atoms with van der Waals surface area (Å²) in [6.45, 7) is 6.32. The Morgan fingerprint density at radius 2 is 2.08 bits per heavy atom. The van der Waals surface area contributed by atoms with Crippen molar-refractivity contribution < 1.29 is 14.6 Å². The number of nitrogens with zero attached hydrogens (tertiary/aromatic N) is 5. The monoisotopic (exact) mass is 542 g/mol. The number of aromatic hydroxyl groups is 1. The van der Waals surface area contributed by atoms with Crippen LogP contribution in [0.4, 0.5) is 5.69 Å². The number of phenolic OH excluding ortho intramolecular Hbond substituents is 1. The lowest BCUT2D eigenvalue weighted by Crippen LogP contribution is -2.47. The molecule has 0 amide bonds. The third-order valence-corrected chi connectivity index (χ3v) is 8.54. The fraction of sp³-hybridized carbons (Fsp3) is 0.452. The lowest BCUT2D eigenvalue weighted by molar-refractivity contribution is -0.104. The fourth-order valence-corrected chi connectivity index (χ4v) is 6.37. The van der Waals surface area contributed by atoms with Crippen LogP contribution in [0.2, 0.25) is 0 Å². The minimum absolute atomic E-state index is 0.0615. The Kier molecular flexibility index (Phi) is 7.95. The van der Waals surface area contributed by atoms with Crippen molar-refractivity contribution in [2.24, 2.45) is 0 Å². The number of carbonyl (C=O) groups is 1. The number of piperazine rings is 1. The first-order valence-corrected chi connectivity index (χ1v) is 14.3. The van der Waals surface area contributed by atoms with Crippen LogP contribution in [0.5, 0.6) is 11.8 Å². The second-order valence-electron chi connectivity index (χ2n) is 11.0. The molecular weight excluding hydrogens is 504 g/mol. The highest BCUT2D eigenvalue weighted by molar-refractivity contribution is 5.95. The number of likely N-dealkylation sites (N-methyl/N-ethyl adjacent to an activating group) is 1. The van der Waals surface area contributed by atoms with Gasteiger partial charge in [-0.25, -0.2) is 0 Å². The molecule has 9 nitrogen and oxygen atoms in total. The van der Waals surface area contributed by atoms with Crippen LogP contribution in [-0.2, 0) is 17.8 Å². The van der Waals surface area contributed by atoms with Gasteiger partial charge in [0.1, 0.15) is 18.6 Å². The summed E-state index contributed by atoms with van der Waals surface area (Å²) in [6.07, 6.45) is 7.42. The number of hydrogen-bond acceptors (Lipinski definition) is 9. The Morgan fingerprint density at radius 3 is 2.92 bits per heavy atom. The molecule has 0 bridgehead atoms. The van der Waals surface area contributed by atoms with Crippen LogP contribution in [0, 0.1) is 0 Å². The first-order valence-electron chi connectivity index (χ1n) is 14.3. The van der Waals surface area contributed by atoms with E-state index in [1.54, 1.807) is 6.08 Å². The minimum Gasteiger partial charge on any atom is -0.508 e. The highest BCUT2D eigenvalue weighted by Gasteiger charge is 2.32. The van der Waals surface area contributed by atoms with Gasteiger partial charge in [0.25, 0.3) is 0 Å². The summed E-state index contributed by atoms with van der Waals surface area (Å²) in [4.78, 5) is 28.0. The maximum absolute atomic E-state index is 10.9. The van der Waals surface area contributed by atoms with E-state index in [1.807, 2.05) is 36.4 Å². The molecule has 2 atom stereocenters. The molecule has 2 saturated heterocycles. The standard InChI is InChI=1S/C31H38N6O3/c1-35-12-6-8-23(35)21-40-31-33-27-20-37(28-18-24(39)17-22-7-2-3-9-25(22)28)14-10-26(27)30(34-31)29-19-32-11-15-36(29)13-4-5-16-38/h2-5,7,9,16-18,23,29,32,39H,6,8,10-15,19-21H2,1H3. The number of carbonyl (C=O) groups excluding carboxylic acids is 1. The molecule has 3 aliphatic heterocycles. The van der Waals surface area contributed by atoms with Crippen molar-refractivity contribution in [1.82, 2.24) is 25.1 Å². The van der Waals surface area contributed by atoms with Crippen LogP contribution < -0.4 is 15.0 Å². The topological polar surface area (TPSA) is 94.1 Å². The first-order chi connectivity index (χ1) is 19.6. The zero-order valence-electron chi connectivity index (χ0n) is 23.1. The van der Waals surface area contributed by atoms with Gasteiger partial charge < -0.3 is 25.0 Å². The van der Waals surface area contributed by atoms with Gasteiger partial charge in [0.05, 0.1) is 24.0 Å². The zero-order chi connectivity index (χ0) is 27.5. The number of fused-ring (bicyclic) bond motifs is 2. The summed E-state index contributed by atoms with van der Waals surface area (Å²) in [7, 11) is 2.15. The number of anilines is 1. The van der Waals surface area contributed by atoms with E-state index in [2.05, 4.69) is 33.1 Å². The number of likely N-dealkylation sites (tertiary alicyclic amines) is 1. The van der Waals surface area contributed by atoms with E-state index in [-0.39, 0.29) is 11.8 Å². The molecule has 3 aromatic rings. The van der Waals surface area contributed by atoms with E-state index >= 15 is 0 Å². The molecule has 0 saturated carbocycles. The van der Waals surface area contributed by atoms with Crippen molar-refractivity contribution in [2.75, 3.05) is 57.8 Å². The van der Waals surface area contributed by atoms with Crippen LogP contribution in [-0.4, -0.2) is 90.1 Å². The van der Waals surface area contributed by atoms with Crippen LogP contribution >= 0.6 is 0 Å². The number of hydrogen-bond donors (Lipinski definition) is 2. The van der Waals surface area contributed by atoms with E-state index in [9.17, 15) is 9.90 Å². The predicted molar refractivity (Wildman–Crippen MR) is 156 cm³/mol. The van der Waals surface area contributed by atoms with Crippen molar-refractivity contribution in [3.63, 3.8) is 0 Å². The maximum atomic E-state index is 10.9. The number of nitrogens with one attached hydrogen (secondary N) is 1. The van der Waals surface area contributed by atoms with Crippen molar-refractivity contribution in [3.05, 3.63) is 65.5 Å². The van der Waals surface area contributed by atoms with Gasteiger partial charge in [-0.1, -0.05) is 30.3 Å². The molecule has 0 aliphatic carbocycles. The average molecular weight is 543 g/mol. The quantitative estimate of drug-likeness (QED) is 0.329. The van der Waals surface area contributed by atoms with Gasteiger partial charge in [-0.3, -0.25) is 9.69 Å². The summed E-state index contributed by atoms with van der Waals surface area (Å²) in [5.41, 5.74) is 4.19. The van der Waals surface area contributed by atoms with E-state index in [1.165, 1.54) is 12.0 Å². The second kappa shape index (κ2) is 11.9. The van der Waals surface area contributed by atoms with Crippen LogP contribution in [0.3, 0.4) is 0 Å². The van der Waals surface area contributed by atoms with Crippen LogP contribution in [0.15, 0.2) is 48.6 Å². The molecule has 2 fully saturated rings. The van der Waals surface area contributed by atoms with Crippen molar-refractivity contribution in [1.29, 1.82) is 0 Å².